The average Bonchev–Trinajstić information content (AvgIpc) is 2.56. The van der Waals surface area contributed by atoms with E-state index in [0.717, 1.165) is 17.0 Å². The summed E-state index contributed by atoms with van der Waals surface area (Å²) in [6.45, 7) is 0.541. The van der Waals surface area contributed by atoms with Gasteiger partial charge in [-0.15, -0.1) is 0 Å². The third-order valence-electron chi connectivity index (χ3n) is 2.97. The number of hydrazone groups is 1. The van der Waals surface area contributed by atoms with E-state index in [1.165, 1.54) is 0 Å². The Kier molecular flexibility index (Phi) is 5.99. The molecule has 2 rings (SSSR count). The molecule has 0 aliphatic heterocycles. The van der Waals surface area contributed by atoms with Gasteiger partial charge < -0.3 is 10.1 Å². The summed E-state index contributed by atoms with van der Waals surface area (Å²) in [7, 11) is 1.63. The summed E-state index contributed by atoms with van der Waals surface area (Å²) in [4.78, 5) is 11.6. The summed E-state index contributed by atoms with van der Waals surface area (Å²) < 4.78 is 5.08. The quantitative estimate of drug-likeness (QED) is 0.610. The zero-order valence-corrected chi connectivity index (χ0v) is 12.5. The van der Waals surface area contributed by atoms with E-state index in [4.69, 9.17) is 4.74 Å². The second kappa shape index (κ2) is 8.46. The van der Waals surface area contributed by atoms with Crippen molar-refractivity contribution in [3.63, 3.8) is 0 Å². The van der Waals surface area contributed by atoms with E-state index in [1.54, 1.807) is 13.3 Å². The molecule has 0 radical (unpaired) electrons. The topological polar surface area (TPSA) is 62.7 Å². The van der Waals surface area contributed by atoms with E-state index in [1.807, 2.05) is 54.6 Å². The van der Waals surface area contributed by atoms with Crippen LogP contribution in [0.25, 0.3) is 0 Å². The lowest BCUT2D eigenvalue weighted by atomic mass is 10.2. The second-order valence-corrected chi connectivity index (χ2v) is 4.61. The minimum Gasteiger partial charge on any atom is -0.497 e. The highest BCUT2D eigenvalue weighted by Crippen LogP contribution is 2.14. The summed E-state index contributed by atoms with van der Waals surface area (Å²) in [5.74, 6) is 0.673. The molecule has 22 heavy (non-hydrogen) atoms. The summed E-state index contributed by atoms with van der Waals surface area (Å²) in [5, 5.41) is 7.09. The Morgan fingerprint density at radius 3 is 2.55 bits per heavy atom. The number of nitrogens with one attached hydrogen (secondary N) is 2. The first-order valence-electron chi connectivity index (χ1n) is 7.03. The van der Waals surface area contributed by atoms with Gasteiger partial charge in [0.25, 0.3) is 0 Å². The Morgan fingerprint density at radius 1 is 1.14 bits per heavy atom. The minimum absolute atomic E-state index is 0.131. The van der Waals surface area contributed by atoms with Crippen LogP contribution in [-0.4, -0.2) is 25.8 Å². The molecule has 114 valence electrons. The third-order valence-corrected chi connectivity index (χ3v) is 2.97. The van der Waals surface area contributed by atoms with Crippen molar-refractivity contribution in [1.29, 1.82) is 0 Å². The zero-order chi connectivity index (χ0) is 15.6. The maximum Gasteiger partial charge on any atom is 0.241 e. The van der Waals surface area contributed by atoms with Gasteiger partial charge in [0.1, 0.15) is 5.75 Å². The van der Waals surface area contributed by atoms with Gasteiger partial charge in [-0.2, -0.15) is 5.10 Å². The first-order chi connectivity index (χ1) is 10.8. The molecule has 2 aromatic carbocycles. The van der Waals surface area contributed by atoms with E-state index < -0.39 is 0 Å². The molecule has 0 aliphatic carbocycles. The van der Waals surface area contributed by atoms with Crippen LogP contribution >= 0.6 is 0 Å². The zero-order valence-electron chi connectivity index (χ0n) is 12.5. The first-order valence-corrected chi connectivity index (χ1v) is 7.03. The lowest BCUT2D eigenvalue weighted by Gasteiger charge is -2.06. The number of carbonyl (C=O) groups is 1. The third kappa shape index (κ3) is 5.28. The Balaban J connectivity index is 1.68. The molecule has 5 nitrogen and oxygen atoms in total. The Labute approximate surface area is 130 Å². The van der Waals surface area contributed by atoms with Crippen LogP contribution in [0, 0.1) is 0 Å². The number of methoxy groups -OCH3 is 1. The second-order valence-electron chi connectivity index (χ2n) is 4.61. The van der Waals surface area contributed by atoms with Crippen LogP contribution in [0.4, 0.5) is 5.69 Å². The summed E-state index contributed by atoms with van der Waals surface area (Å²) in [6.07, 6.45) is 1.97. The molecule has 0 heterocycles. The molecule has 5 heteroatoms. The fraction of sp³-hybridized carbons (Fsp3) is 0.176. The number of hydrogen-bond donors (Lipinski definition) is 2. The standard InChI is InChI=1S/C17H19N3O2/c1-22-16-9-7-15(8-10-16)18-12-11-17(21)20-19-13-14-5-3-2-4-6-14/h2-10,13,18H,11-12H2,1H3,(H,20,21). The van der Waals surface area contributed by atoms with Gasteiger partial charge in [0.15, 0.2) is 0 Å². The smallest absolute Gasteiger partial charge is 0.241 e. The monoisotopic (exact) mass is 297 g/mol. The van der Waals surface area contributed by atoms with Crippen LogP contribution in [0.2, 0.25) is 0 Å². The van der Waals surface area contributed by atoms with E-state index in [9.17, 15) is 4.79 Å². The molecule has 0 unspecified atom stereocenters. The van der Waals surface area contributed by atoms with E-state index in [0.29, 0.717) is 13.0 Å². The van der Waals surface area contributed by atoms with Crippen LogP contribution in [-0.2, 0) is 4.79 Å². The number of ether oxygens (including phenoxy) is 1. The van der Waals surface area contributed by atoms with E-state index in [-0.39, 0.29) is 5.91 Å². The number of amides is 1. The first kappa shape index (κ1) is 15.6. The largest absolute Gasteiger partial charge is 0.497 e. The summed E-state index contributed by atoms with van der Waals surface area (Å²) in [6, 6.07) is 17.2. The normalized spacial score (nSPS) is 10.4. The Hall–Kier alpha value is -2.82. The van der Waals surface area contributed by atoms with Crippen molar-refractivity contribution < 1.29 is 9.53 Å². The lowest BCUT2D eigenvalue weighted by molar-refractivity contribution is -0.120. The molecule has 0 saturated carbocycles. The molecule has 1 amide bonds. The van der Waals surface area contributed by atoms with Crippen molar-refractivity contribution >= 4 is 17.8 Å². The van der Waals surface area contributed by atoms with Gasteiger partial charge in [0.05, 0.1) is 13.3 Å². The molecule has 0 atom stereocenters. The highest BCUT2D eigenvalue weighted by atomic mass is 16.5. The van der Waals surface area contributed by atoms with Gasteiger partial charge in [-0.05, 0) is 29.8 Å². The van der Waals surface area contributed by atoms with Crippen molar-refractivity contribution in [2.24, 2.45) is 5.10 Å². The van der Waals surface area contributed by atoms with Gasteiger partial charge in [0.2, 0.25) is 5.91 Å². The van der Waals surface area contributed by atoms with Gasteiger partial charge >= 0.3 is 0 Å². The Bertz CT molecular complexity index is 610. The highest BCUT2D eigenvalue weighted by Gasteiger charge is 1.99. The number of anilines is 1. The van der Waals surface area contributed by atoms with E-state index in [2.05, 4.69) is 15.8 Å². The molecule has 0 spiro atoms. The van der Waals surface area contributed by atoms with Crippen molar-refractivity contribution in [3.05, 3.63) is 60.2 Å². The number of carbonyl (C=O) groups excluding carboxylic acids is 1. The molecular weight excluding hydrogens is 278 g/mol. The number of hydrogen-bond acceptors (Lipinski definition) is 4. The van der Waals surface area contributed by atoms with Crippen LogP contribution in [0.3, 0.4) is 0 Å². The van der Waals surface area contributed by atoms with Crippen LogP contribution in [0.5, 0.6) is 5.75 Å². The maximum absolute atomic E-state index is 11.6. The van der Waals surface area contributed by atoms with Gasteiger partial charge in [-0.25, -0.2) is 5.43 Å². The number of nitrogens with zero attached hydrogens (tertiary/aromatic N) is 1. The predicted octanol–water partition coefficient (Wildman–Crippen LogP) is 2.65. The molecule has 0 aliphatic rings. The molecule has 0 saturated heterocycles. The number of rotatable bonds is 7. The minimum atomic E-state index is -0.131. The summed E-state index contributed by atoms with van der Waals surface area (Å²) >= 11 is 0. The van der Waals surface area contributed by atoms with Gasteiger partial charge in [0, 0.05) is 18.7 Å². The maximum atomic E-state index is 11.6. The fourth-order valence-electron chi connectivity index (χ4n) is 1.80. The molecule has 2 N–H and O–H groups in total. The van der Waals surface area contributed by atoms with Crippen molar-refractivity contribution in [1.82, 2.24) is 5.43 Å². The van der Waals surface area contributed by atoms with Crippen molar-refractivity contribution in [2.45, 2.75) is 6.42 Å². The fourth-order valence-corrected chi connectivity index (χ4v) is 1.80. The summed E-state index contributed by atoms with van der Waals surface area (Å²) in [5.41, 5.74) is 4.40. The van der Waals surface area contributed by atoms with Crippen LogP contribution < -0.4 is 15.5 Å². The molecule has 0 aromatic heterocycles. The average molecular weight is 297 g/mol. The number of benzene rings is 2. The molecule has 2 aromatic rings. The predicted molar refractivity (Wildman–Crippen MR) is 88.3 cm³/mol. The van der Waals surface area contributed by atoms with Crippen LogP contribution in [0.15, 0.2) is 59.7 Å². The molecule has 0 bridgehead atoms. The molecular formula is C17H19N3O2. The Morgan fingerprint density at radius 2 is 1.86 bits per heavy atom. The van der Waals surface area contributed by atoms with Crippen molar-refractivity contribution in [3.8, 4) is 5.75 Å². The lowest BCUT2D eigenvalue weighted by Crippen LogP contribution is -2.20. The van der Waals surface area contributed by atoms with Crippen LogP contribution in [0.1, 0.15) is 12.0 Å². The van der Waals surface area contributed by atoms with E-state index >= 15 is 0 Å². The molecule has 0 fully saturated rings. The van der Waals surface area contributed by atoms with Crippen molar-refractivity contribution in [2.75, 3.05) is 19.0 Å². The highest BCUT2D eigenvalue weighted by molar-refractivity contribution is 5.82. The SMILES string of the molecule is COc1ccc(NCCC(=O)NN=Cc2ccccc2)cc1. The van der Waals surface area contributed by atoms with Gasteiger partial charge in [-0.3, -0.25) is 4.79 Å². The van der Waals surface area contributed by atoms with Gasteiger partial charge in [-0.1, -0.05) is 30.3 Å².